The SMILES string of the molecule is Cc1ccc(NC(=O)C2CCC23CC3)cc1-c1ccccn1. The molecule has 0 bridgehead atoms. The second kappa shape index (κ2) is 4.94. The van der Waals surface area contributed by atoms with Crippen molar-refractivity contribution in [2.75, 3.05) is 5.32 Å². The lowest BCUT2D eigenvalue weighted by Crippen LogP contribution is -2.38. The number of rotatable bonds is 3. The van der Waals surface area contributed by atoms with Gasteiger partial charge in [0.05, 0.1) is 5.69 Å². The summed E-state index contributed by atoms with van der Waals surface area (Å²) in [5.74, 6) is 0.423. The van der Waals surface area contributed by atoms with Crippen LogP contribution in [0.1, 0.15) is 31.2 Å². The number of aromatic nitrogens is 1. The van der Waals surface area contributed by atoms with Crippen LogP contribution in [0.3, 0.4) is 0 Å². The molecule has 1 aromatic carbocycles. The molecule has 3 nitrogen and oxygen atoms in total. The van der Waals surface area contributed by atoms with Gasteiger partial charge in [-0.25, -0.2) is 0 Å². The molecule has 2 aliphatic rings. The van der Waals surface area contributed by atoms with Crippen molar-refractivity contribution in [3.8, 4) is 11.3 Å². The first-order valence-corrected chi connectivity index (χ1v) is 8.01. The van der Waals surface area contributed by atoms with Crippen molar-refractivity contribution in [2.24, 2.45) is 11.3 Å². The van der Waals surface area contributed by atoms with Gasteiger partial charge in [0.25, 0.3) is 0 Å². The van der Waals surface area contributed by atoms with Crippen LogP contribution < -0.4 is 5.32 Å². The van der Waals surface area contributed by atoms with Crippen molar-refractivity contribution in [3.05, 3.63) is 48.2 Å². The Morgan fingerprint density at radius 2 is 2.09 bits per heavy atom. The average Bonchev–Trinajstić information content (AvgIpc) is 3.32. The number of aryl methyl sites for hydroxylation is 1. The van der Waals surface area contributed by atoms with E-state index in [0.717, 1.165) is 23.4 Å². The Balaban J connectivity index is 1.57. The molecule has 2 aromatic rings. The minimum Gasteiger partial charge on any atom is -0.326 e. The van der Waals surface area contributed by atoms with Gasteiger partial charge in [-0.3, -0.25) is 9.78 Å². The van der Waals surface area contributed by atoms with Gasteiger partial charge in [-0.1, -0.05) is 12.1 Å². The van der Waals surface area contributed by atoms with Crippen LogP contribution in [-0.4, -0.2) is 10.9 Å². The molecule has 0 saturated heterocycles. The van der Waals surface area contributed by atoms with Crippen LogP contribution >= 0.6 is 0 Å². The molecule has 112 valence electrons. The Morgan fingerprint density at radius 3 is 2.73 bits per heavy atom. The highest BCUT2D eigenvalue weighted by molar-refractivity contribution is 5.94. The standard InChI is InChI=1S/C19H20N2O/c1-13-5-6-14(12-15(13)17-4-2-3-11-20-17)21-18(22)16-7-8-19(16)9-10-19/h2-6,11-12,16H,7-10H2,1H3,(H,21,22). The van der Waals surface area contributed by atoms with Gasteiger partial charge in [0, 0.05) is 23.4 Å². The van der Waals surface area contributed by atoms with E-state index in [9.17, 15) is 4.79 Å². The molecule has 1 amide bonds. The Hall–Kier alpha value is -2.16. The molecule has 1 spiro atoms. The van der Waals surface area contributed by atoms with E-state index >= 15 is 0 Å². The van der Waals surface area contributed by atoms with Crippen LogP contribution in [0.4, 0.5) is 5.69 Å². The van der Waals surface area contributed by atoms with Crippen molar-refractivity contribution < 1.29 is 4.79 Å². The zero-order valence-corrected chi connectivity index (χ0v) is 12.8. The number of carbonyl (C=O) groups excluding carboxylic acids is 1. The summed E-state index contributed by atoms with van der Waals surface area (Å²) < 4.78 is 0. The summed E-state index contributed by atoms with van der Waals surface area (Å²) in [5.41, 5.74) is 4.43. The first kappa shape index (κ1) is 13.5. The zero-order chi connectivity index (χ0) is 15.2. The Labute approximate surface area is 130 Å². The number of anilines is 1. The molecule has 4 rings (SSSR count). The molecule has 1 aromatic heterocycles. The lowest BCUT2D eigenvalue weighted by atomic mass is 9.70. The molecule has 2 aliphatic carbocycles. The molecular weight excluding hydrogens is 272 g/mol. The molecule has 1 atom stereocenters. The molecule has 22 heavy (non-hydrogen) atoms. The van der Waals surface area contributed by atoms with E-state index in [4.69, 9.17) is 0 Å². The Morgan fingerprint density at radius 1 is 1.23 bits per heavy atom. The van der Waals surface area contributed by atoms with Crippen LogP contribution in [0.2, 0.25) is 0 Å². The normalized spacial score (nSPS) is 21.2. The molecule has 0 aliphatic heterocycles. The minimum atomic E-state index is 0.194. The highest BCUT2D eigenvalue weighted by Gasteiger charge is 2.58. The molecule has 2 fully saturated rings. The molecule has 3 heteroatoms. The summed E-state index contributed by atoms with van der Waals surface area (Å²) in [4.78, 5) is 16.9. The van der Waals surface area contributed by atoms with Crippen LogP contribution in [0.5, 0.6) is 0 Å². The van der Waals surface area contributed by atoms with Crippen molar-refractivity contribution in [2.45, 2.75) is 32.6 Å². The topological polar surface area (TPSA) is 42.0 Å². The number of amides is 1. The number of pyridine rings is 1. The Kier molecular flexibility index (Phi) is 3.03. The summed E-state index contributed by atoms with van der Waals surface area (Å²) in [6, 6.07) is 12.0. The summed E-state index contributed by atoms with van der Waals surface area (Å²) >= 11 is 0. The van der Waals surface area contributed by atoms with E-state index in [1.165, 1.54) is 24.8 Å². The lowest BCUT2D eigenvalue weighted by Gasteiger charge is -2.35. The predicted octanol–water partition coefficient (Wildman–Crippen LogP) is 4.19. The van der Waals surface area contributed by atoms with E-state index in [-0.39, 0.29) is 11.8 Å². The van der Waals surface area contributed by atoms with E-state index in [2.05, 4.69) is 17.2 Å². The van der Waals surface area contributed by atoms with Gasteiger partial charge in [-0.15, -0.1) is 0 Å². The number of hydrogen-bond acceptors (Lipinski definition) is 2. The van der Waals surface area contributed by atoms with Crippen molar-refractivity contribution >= 4 is 11.6 Å². The average molecular weight is 292 g/mol. The van der Waals surface area contributed by atoms with E-state index < -0.39 is 0 Å². The van der Waals surface area contributed by atoms with Gasteiger partial charge in [0.15, 0.2) is 0 Å². The minimum absolute atomic E-state index is 0.194. The zero-order valence-electron chi connectivity index (χ0n) is 12.8. The maximum Gasteiger partial charge on any atom is 0.228 e. The second-order valence-corrected chi connectivity index (χ2v) is 6.69. The molecule has 1 N–H and O–H groups in total. The van der Waals surface area contributed by atoms with Crippen LogP contribution in [0.25, 0.3) is 11.3 Å². The third-order valence-electron chi connectivity index (χ3n) is 5.32. The number of nitrogens with zero attached hydrogens (tertiary/aromatic N) is 1. The van der Waals surface area contributed by atoms with Crippen LogP contribution in [0, 0.1) is 18.3 Å². The quantitative estimate of drug-likeness (QED) is 0.921. The predicted molar refractivity (Wildman–Crippen MR) is 87.4 cm³/mol. The van der Waals surface area contributed by atoms with Gasteiger partial charge in [-0.05, 0) is 67.9 Å². The summed E-state index contributed by atoms with van der Waals surface area (Å²) in [6.45, 7) is 2.07. The monoisotopic (exact) mass is 292 g/mol. The lowest BCUT2D eigenvalue weighted by molar-refractivity contribution is -0.125. The maximum atomic E-state index is 12.5. The number of nitrogens with one attached hydrogen (secondary N) is 1. The largest absolute Gasteiger partial charge is 0.326 e. The smallest absolute Gasteiger partial charge is 0.228 e. The van der Waals surface area contributed by atoms with Crippen molar-refractivity contribution in [3.63, 3.8) is 0 Å². The first-order valence-electron chi connectivity index (χ1n) is 8.01. The maximum absolute atomic E-state index is 12.5. The fourth-order valence-corrected chi connectivity index (χ4v) is 3.59. The van der Waals surface area contributed by atoms with Crippen molar-refractivity contribution in [1.29, 1.82) is 0 Å². The molecule has 1 heterocycles. The first-order chi connectivity index (χ1) is 10.7. The van der Waals surface area contributed by atoms with E-state index in [0.29, 0.717) is 5.41 Å². The number of carbonyl (C=O) groups is 1. The summed E-state index contributed by atoms with van der Waals surface area (Å²) in [7, 11) is 0. The van der Waals surface area contributed by atoms with Gasteiger partial charge >= 0.3 is 0 Å². The number of benzene rings is 1. The summed E-state index contributed by atoms with van der Waals surface area (Å²) in [5, 5.41) is 3.11. The fourth-order valence-electron chi connectivity index (χ4n) is 3.59. The van der Waals surface area contributed by atoms with Gasteiger partial charge in [0.1, 0.15) is 0 Å². The second-order valence-electron chi connectivity index (χ2n) is 6.69. The Bertz CT molecular complexity index is 719. The number of hydrogen-bond donors (Lipinski definition) is 1. The fraction of sp³-hybridized carbons (Fsp3) is 0.368. The molecule has 1 unspecified atom stereocenters. The highest BCUT2D eigenvalue weighted by atomic mass is 16.2. The van der Waals surface area contributed by atoms with Crippen molar-refractivity contribution in [1.82, 2.24) is 4.98 Å². The molecule has 0 radical (unpaired) electrons. The highest BCUT2D eigenvalue weighted by Crippen LogP contribution is 2.64. The van der Waals surface area contributed by atoms with Gasteiger partial charge < -0.3 is 5.32 Å². The van der Waals surface area contributed by atoms with Gasteiger partial charge in [-0.2, -0.15) is 0 Å². The van der Waals surface area contributed by atoms with E-state index in [1.807, 2.05) is 36.4 Å². The van der Waals surface area contributed by atoms with Gasteiger partial charge in [0.2, 0.25) is 5.91 Å². The molecular formula is C19H20N2O. The molecule has 2 saturated carbocycles. The third kappa shape index (κ3) is 2.21. The van der Waals surface area contributed by atoms with E-state index in [1.54, 1.807) is 6.20 Å². The summed E-state index contributed by atoms with van der Waals surface area (Å²) in [6.07, 6.45) is 6.55. The third-order valence-corrected chi connectivity index (χ3v) is 5.32. The van der Waals surface area contributed by atoms with Crippen LogP contribution in [0.15, 0.2) is 42.6 Å². The van der Waals surface area contributed by atoms with Crippen LogP contribution in [-0.2, 0) is 4.79 Å².